The average molecular weight is 487 g/mol. The number of aryl methyl sites for hydroxylation is 1. The molecule has 1 saturated heterocycles. The first kappa shape index (κ1) is 23.3. The van der Waals surface area contributed by atoms with Gasteiger partial charge in [0.1, 0.15) is 16.7 Å². The van der Waals surface area contributed by atoms with Gasteiger partial charge in [-0.3, -0.25) is 9.78 Å². The van der Waals surface area contributed by atoms with Gasteiger partial charge in [0.25, 0.3) is 0 Å². The molecule has 0 bridgehead atoms. The number of anilines is 2. The number of carbonyl (C=O) groups excluding carboxylic acids is 1. The first-order valence-corrected chi connectivity index (χ1v) is 10.6. The number of nitrogens with zero attached hydrogens (tertiary/aromatic N) is 4. The second kappa shape index (κ2) is 8.82. The van der Waals surface area contributed by atoms with Gasteiger partial charge in [0, 0.05) is 41.8 Å². The summed E-state index contributed by atoms with van der Waals surface area (Å²) in [5.74, 6) is -0.400. The molecule has 3 N–H and O–H groups in total. The molecule has 1 atom stereocenters. The number of nitrogen functional groups attached to an aromatic ring is 1. The molecule has 1 fully saturated rings. The predicted molar refractivity (Wildman–Crippen MR) is 113 cm³/mol. The monoisotopic (exact) mass is 486 g/mol. The van der Waals surface area contributed by atoms with E-state index in [0.29, 0.717) is 36.8 Å². The molecule has 2 aromatic heterocycles. The molecule has 178 valence electrons. The molecule has 1 amide bonds. The lowest BCUT2D eigenvalue weighted by Crippen LogP contribution is -2.48. The lowest BCUT2D eigenvalue weighted by Gasteiger charge is -2.27. The van der Waals surface area contributed by atoms with Gasteiger partial charge in [-0.25, -0.2) is 4.98 Å². The fraction of sp³-hybridized carbons (Fsp3) is 0.500. The molecular weight excluding hydrogens is 465 g/mol. The number of carbonyl (C=O) groups is 1. The molecule has 2 aliphatic rings. The third-order valence-electron chi connectivity index (χ3n) is 5.58. The Bertz CT molecular complexity index is 1080. The molecule has 4 heterocycles. The van der Waals surface area contributed by atoms with E-state index in [1.807, 2.05) is 0 Å². The molecule has 2 aromatic rings. The Hall–Kier alpha value is -2.86. The number of nitrogens with one attached hydrogen (secondary N) is 1. The molecule has 0 aromatic carbocycles. The SMILES string of the molecule is Cc1cnc(CN2C[C@H](CC(=O)NC3COC3)c3c(Cl)nc(N)nc32)c(C)c1OC(F)(F)F. The lowest BCUT2D eigenvalue weighted by atomic mass is 10.00. The van der Waals surface area contributed by atoms with Crippen molar-refractivity contribution in [3.63, 3.8) is 0 Å². The van der Waals surface area contributed by atoms with Crippen LogP contribution >= 0.6 is 11.6 Å². The minimum absolute atomic E-state index is 0.0147. The van der Waals surface area contributed by atoms with Crippen LogP contribution in [-0.2, 0) is 16.1 Å². The third-order valence-corrected chi connectivity index (χ3v) is 5.87. The van der Waals surface area contributed by atoms with Crippen molar-refractivity contribution in [1.82, 2.24) is 20.3 Å². The van der Waals surface area contributed by atoms with Gasteiger partial charge in [-0.1, -0.05) is 11.6 Å². The van der Waals surface area contributed by atoms with Crippen LogP contribution in [-0.4, -0.2) is 53.0 Å². The molecular formula is C20H22ClF3N6O3. The van der Waals surface area contributed by atoms with E-state index in [9.17, 15) is 18.0 Å². The van der Waals surface area contributed by atoms with Crippen molar-refractivity contribution in [2.24, 2.45) is 0 Å². The fourth-order valence-corrected chi connectivity index (χ4v) is 4.31. The summed E-state index contributed by atoms with van der Waals surface area (Å²) < 4.78 is 47.9. The topological polar surface area (TPSA) is 115 Å². The summed E-state index contributed by atoms with van der Waals surface area (Å²) in [6.07, 6.45) is -3.36. The van der Waals surface area contributed by atoms with Gasteiger partial charge in [-0.05, 0) is 13.8 Å². The number of pyridine rings is 1. The van der Waals surface area contributed by atoms with Gasteiger partial charge in [0.2, 0.25) is 11.9 Å². The van der Waals surface area contributed by atoms with Crippen LogP contribution in [0, 0.1) is 13.8 Å². The van der Waals surface area contributed by atoms with Crippen LogP contribution in [0.5, 0.6) is 5.75 Å². The number of hydrogen-bond donors (Lipinski definition) is 2. The Kier molecular flexibility index (Phi) is 6.23. The normalized spacial score (nSPS) is 18.1. The van der Waals surface area contributed by atoms with E-state index in [1.165, 1.54) is 20.0 Å². The summed E-state index contributed by atoms with van der Waals surface area (Å²) in [5.41, 5.74) is 7.25. The van der Waals surface area contributed by atoms with Crippen LogP contribution < -0.4 is 20.7 Å². The standard InChI is InChI=1S/C20H22ClF3N6O3/c1-9-4-26-13(10(2)16(9)33-20(22,23)24)6-30-5-11(3-14(31)27-12-7-32-8-12)15-17(21)28-19(25)29-18(15)30/h4,11-12H,3,5-8H2,1-2H3,(H,27,31)(H2,25,28,29)/t11-/m0/s1. The van der Waals surface area contributed by atoms with E-state index in [-0.39, 0.29) is 58.8 Å². The van der Waals surface area contributed by atoms with Gasteiger partial charge in [0.05, 0.1) is 31.5 Å². The molecule has 0 unspecified atom stereocenters. The summed E-state index contributed by atoms with van der Waals surface area (Å²) >= 11 is 6.35. The minimum Gasteiger partial charge on any atom is -0.405 e. The fourth-order valence-electron chi connectivity index (χ4n) is 3.99. The quantitative estimate of drug-likeness (QED) is 0.599. The number of aromatic nitrogens is 3. The first-order chi connectivity index (χ1) is 15.5. The van der Waals surface area contributed by atoms with Crippen LogP contribution in [0.2, 0.25) is 5.15 Å². The Morgan fingerprint density at radius 3 is 2.73 bits per heavy atom. The summed E-state index contributed by atoms with van der Waals surface area (Å²) in [7, 11) is 0. The lowest BCUT2D eigenvalue weighted by molar-refractivity contribution is -0.275. The van der Waals surface area contributed by atoms with E-state index < -0.39 is 6.36 Å². The summed E-state index contributed by atoms with van der Waals surface area (Å²) in [5, 5.41) is 3.03. The second-order valence-corrected chi connectivity index (χ2v) is 8.44. The highest BCUT2D eigenvalue weighted by Crippen LogP contribution is 2.42. The number of ether oxygens (including phenoxy) is 2. The Morgan fingerprint density at radius 2 is 2.09 bits per heavy atom. The molecule has 0 spiro atoms. The molecule has 0 radical (unpaired) electrons. The van der Waals surface area contributed by atoms with Crippen molar-refractivity contribution in [2.75, 3.05) is 30.4 Å². The maximum absolute atomic E-state index is 12.9. The van der Waals surface area contributed by atoms with Gasteiger partial charge < -0.3 is 25.4 Å². The van der Waals surface area contributed by atoms with Crippen LogP contribution in [0.15, 0.2) is 6.20 Å². The molecule has 33 heavy (non-hydrogen) atoms. The van der Waals surface area contributed by atoms with Crippen LogP contribution in [0.4, 0.5) is 24.9 Å². The molecule has 13 heteroatoms. The molecule has 0 aliphatic carbocycles. The zero-order chi connectivity index (χ0) is 23.9. The van der Waals surface area contributed by atoms with Crippen molar-refractivity contribution < 1.29 is 27.4 Å². The summed E-state index contributed by atoms with van der Waals surface area (Å²) in [6, 6.07) is -0.0147. The van der Waals surface area contributed by atoms with Gasteiger partial charge in [-0.15, -0.1) is 13.2 Å². The second-order valence-electron chi connectivity index (χ2n) is 8.08. The van der Waals surface area contributed by atoms with Crippen LogP contribution in [0.1, 0.15) is 34.7 Å². The molecule has 2 aliphatic heterocycles. The average Bonchev–Trinajstić information content (AvgIpc) is 3.00. The highest BCUT2D eigenvalue weighted by Gasteiger charge is 2.37. The first-order valence-electron chi connectivity index (χ1n) is 10.2. The van der Waals surface area contributed by atoms with E-state index in [1.54, 1.807) is 4.90 Å². The van der Waals surface area contributed by atoms with Crippen molar-refractivity contribution >= 4 is 29.3 Å². The number of fused-ring (bicyclic) bond motifs is 1. The zero-order valence-electron chi connectivity index (χ0n) is 17.9. The third kappa shape index (κ3) is 5.06. The Morgan fingerprint density at radius 1 is 1.36 bits per heavy atom. The van der Waals surface area contributed by atoms with Crippen molar-refractivity contribution in [3.05, 3.63) is 33.7 Å². The number of hydrogen-bond acceptors (Lipinski definition) is 8. The number of halogens is 4. The van der Waals surface area contributed by atoms with E-state index in [2.05, 4.69) is 25.0 Å². The molecule has 9 nitrogen and oxygen atoms in total. The van der Waals surface area contributed by atoms with Gasteiger partial charge in [-0.2, -0.15) is 4.98 Å². The number of alkyl halides is 3. The smallest absolute Gasteiger partial charge is 0.405 e. The van der Waals surface area contributed by atoms with E-state index in [0.717, 1.165) is 0 Å². The zero-order valence-corrected chi connectivity index (χ0v) is 18.6. The number of nitrogens with two attached hydrogens (primary N) is 1. The maximum Gasteiger partial charge on any atom is 0.573 e. The summed E-state index contributed by atoms with van der Waals surface area (Å²) in [4.78, 5) is 26.9. The van der Waals surface area contributed by atoms with Crippen molar-refractivity contribution in [2.45, 2.75) is 45.1 Å². The number of amides is 1. The Balaban J connectivity index is 1.60. The highest BCUT2D eigenvalue weighted by atomic mass is 35.5. The minimum atomic E-state index is -4.83. The van der Waals surface area contributed by atoms with Crippen molar-refractivity contribution in [1.29, 1.82) is 0 Å². The highest BCUT2D eigenvalue weighted by molar-refractivity contribution is 6.30. The summed E-state index contributed by atoms with van der Waals surface area (Å²) in [6.45, 7) is 4.41. The maximum atomic E-state index is 12.9. The van der Waals surface area contributed by atoms with E-state index >= 15 is 0 Å². The van der Waals surface area contributed by atoms with E-state index in [4.69, 9.17) is 22.1 Å². The predicted octanol–water partition coefficient (Wildman–Crippen LogP) is 2.63. The number of rotatable bonds is 6. The van der Waals surface area contributed by atoms with Gasteiger partial charge >= 0.3 is 6.36 Å². The molecule has 4 rings (SSSR count). The Labute approximate surface area is 192 Å². The largest absolute Gasteiger partial charge is 0.573 e. The van der Waals surface area contributed by atoms with Crippen molar-refractivity contribution in [3.8, 4) is 5.75 Å². The van der Waals surface area contributed by atoms with Crippen LogP contribution in [0.3, 0.4) is 0 Å². The molecule has 0 saturated carbocycles. The van der Waals surface area contributed by atoms with Gasteiger partial charge in [0.15, 0.2) is 0 Å². The van der Waals surface area contributed by atoms with Crippen LogP contribution in [0.25, 0.3) is 0 Å².